The summed E-state index contributed by atoms with van der Waals surface area (Å²) in [7, 11) is 3.41. The molecule has 0 aromatic heterocycles. The molecule has 5 heteroatoms. The second-order valence-electron chi connectivity index (χ2n) is 4.59. The van der Waals surface area contributed by atoms with Crippen molar-refractivity contribution in [3.8, 4) is 0 Å². The second-order valence-corrected chi connectivity index (χ2v) is 4.59. The van der Waals surface area contributed by atoms with Crippen LogP contribution in [-0.2, 0) is 9.47 Å². The molecular formula is C15H25FN2O2. The highest BCUT2D eigenvalue weighted by Crippen LogP contribution is 2.11. The standard InChI is InChI=1S/C15H25FN2O2/c1-19-12-5-9-18(11-13-20-2)10-8-17-15-7-4-3-6-14(15)16/h3-4,6-7,17H,5,8-13H2,1-2H3. The highest BCUT2D eigenvalue weighted by molar-refractivity contribution is 5.44. The maximum absolute atomic E-state index is 13.5. The number of para-hydroxylation sites is 1. The molecule has 0 unspecified atom stereocenters. The van der Waals surface area contributed by atoms with Gasteiger partial charge in [0.1, 0.15) is 5.82 Å². The topological polar surface area (TPSA) is 33.7 Å². The van der Waals surface area contributed by atoms with Crippen molar-refractivity contribution in [3.05, 3.63) is 30.1 Å². The molecule has 1 aromatic rings. The third-order valence-electron chi connectivity index (χ3n) is 3.05. The van der Waals surface area contributed by atoms with E-state index in [0.717, 1.165) is 32.7 Å². The Morgan fingerprint density at radius 2 is 1.80 bits per heavy atom. The molecule has 0 saturated carbocycles. The number of hydrogen-bond donors (Lipinski definition) is 1. The number of nitrogens with one attached hydrogen (secondary N) is 1. The first-order valence-corrected chi connectivity index (χ1v) is 6.96. The summed E-state index contributed by atoms with van der Waals surface area (Å²) < 4.78 is 23.6. The second kappa shape index (κ2) is 10.6. The number of ether oxygens (including phenoxy) is 2. The molecule has 1 aromatic carbocycles. The molecule has 0 bridgehead atoms. The van der Waals surface area contributed by atoms with E-state index in [9.17, 15) is 4.39 Å². The number of nitrogens with zero attached hydrogens (tertiary/aromatic N) is 1. The molecule has 0 atom stereocenters. The van der Waals surface area contributed by atoms with Gasteiger partial charge >= 0.3 is 0 Å². The van der Waals surface area contributed by atoms with E-state index >= 15 is 0 Å². The summed E-state index contributed by atoms with van der Waals surface area (Å²) in [5.74, 6) is -0.213. The summed E-state index contributed by atoms with van der Waals surface area (Å²) in [6.07, 6.45) is 0.986. The first kappa shape index (κ1) is 16.9. The summed E-state index contributed by atoms with van der Waals surface area (Å²) in [5, 5.41) is 3.12. The van der Waals surface area contributed by atoms with Gasteiger partial charge in [-0.2, -0.15) is 0 Å². The van der Waals surface area contributed by atoms with E-state index in [1.165, 1.54) is 6.07 Å². The van der Waals surface area contributed by atoms with Crippen LogP contribution in [0.1, 0.15) is 6.42 Å². The molecule has 1 N–H and O–H groups in total. The predicted molar refractivity (Wildman–Crippen MR) is 79.7 cm³/mol. The van der Waals surface area contributed by atoms with Gasteiger partial charge in [-0.15, -0.1) is 0 Å². The van der Waals surface area contributed by atoms with Crippen LogP contribution in [0.2, 0.25) is 0 Å². The fraction of sp³-hybridized carbons (Fsp3) is 0.600. The molecule has 0 radical (unpaired) electrons. The third kappa shape index (κ3) is 6.84. The number of rotatable bonds is 11. The van der Waals surface area contributed by atoms with E-state index in [-0.39, 0.29) is 5.82 Å². The van der Waals surface area contributed by atoms with Gasteiger partial charge in [0.15, 0.2) is 0 Å². The molecule has 0 fully saturated rings. The third-order valence-corrected chi connectivity index (χ3v) is 3.05. The zero-order valence-electron chi connectivity index (χ0n) is 12.4. The smallest absolute Gasteiger partial charge is 0.146 e. The quantitative estimate of drug-likeness (QED) is 0.632. The Hall–Kier alpha value is -1.17. The van der Waals surface area contributed by atoms with Crippen molar-refractivity contribution in [1.29, 1.82) is 0 Å². The molecule has 0 aliphatic carbocycles. The zero-order valence-corrected chi connectivity index (χ0v) is 12.4. The Morgan fingerprint density at radius 3 is 2.50 bits per heavy atom. The van der Waals surface area contributed by atoms with E-state index in [1.807, 2.05) is 6.07 Å². The SMILES string of the molecule is COCCCN(CCNc1ccccc1F)CCOC. The summed E-state index contributed by atoms with van der Waals surface area (Å²) >= 11 is 0. The van der Waals surface area contributed by atoms with Crippen LogP contribution >= 0.6 is 0 Å². The van der Waals surface area contributed by atoms with Crippen molar-refractivity contribution in [3.63, 3.8) is 0 Å². The van der Waals surface area contributed by atoms with Gasteiger partial charge in [-0.3, -0.25) is 4.90 Å². The minimum absolute atomic E-state index is 0.213. The normalized spacial score (nSPS) is 11.0. The number of halogens is 1. The van der Waals surface area contributed by atoms with Gasteiger partial charge in [0.05, 0.1) is 12.3 Å². The molecule has 4 nitrogen and oxygen atoms in total. The minimum Gasteiger partial charge on any atom is -0.385 e. The lowest BCUT2D eigenvalue weighted by Crippen LogP contribution is -2.33. The maximum Gasteiger partial charge on any atom is 0.146 e. The van der Waals surface area contributed by atoms with Crippen LogP contribution in [0.3, 0.4) is 0 Å². The minimum atomic E-state index is -0.213. The fourth-order valence-electron chi connectivity index (χ4n) is 1.94. The largest absolute Gasteiger partial charge is 0.385 e. The molecule has 0 aliphatic rings. The van der Waals surface area contributed by atoms with Crippen LogP contribution < -0.4 is 5.32 Å². The molecule has 0 spiro atoms. The number of methoxy groups -OCH3 is 2. The van der Waals surface area contributed by atoms with Gasteiger partial charge in [0, 0.05) is 47.0 Å². The Kier molecular flexibility index (Phi) is 8.95. The molecule has 0 aliphatic heterocycles. The number of anilines is 1. The molecule has 114 valence electrons. The maximum atomic E-state index is 13.5. The van der Waals surface area contributed by atoms with Crippen molar-refractivity contribution in [1.82, 2.24) is 4.90 Å². The highest BCUT2D eigenvalue weighted by Gasteiger charge is 2.05. The monoisotopic (exact) mass is 284 g/mol. The van der Waals surface area contributed by atoms with E-state index in [1.54, 1.807) is 26.4 Å². The van der Waals surface area contributed by atoms with Crippen molar-refractivity contribution >= 4 is 5.69 Å². The Morgan fingerprint density at radius 1 is 1.05 bits per heavy atom. The molecule has 0 amide bonds. The van der Waals surface area contributed by atoms with Crippen LogP contribution in [0.5, 0.6) is 0 Å². The summed E-state index contributed by atoms with van der Waals surface area (Å²) in [6, 6.07) is 6.73. The number of hydrogen-bond acceptors (Lipinski definition) is 4. The lowest BCUT2D eigenvalue weighted by atomic mass is 10.3. The van der Waals surface area contributed by atoms with Crippen LogP contribution in [-0.4, -0.2) is 58.5 Å². The summed E-state index contributed by atoms with van der Waals surface area (Å²) in [5.41, 5.74) is 0.552. The lowest BCUT2D eigenvalue weighted by molar-refractivity contribution is 0.135. The van der Waals surface area contributed by atoms with Crippen LogP contribution in [0.4, 0.5) is 10.1 Å². The summed E-state index contributed by atoms with van der Waals surface area (Å²) in [6.45, 7) is 4.84. The zero-order chi connectivity index (χ0) is 14.6. The Bertz CT molecular complexity index is 363. The molecular weight excluding hydrogens is 259 g/mol. The van der Waals surface area contributed by atoms with E-state index < -0.39 is 0 Å². The predicted octanol–water partition coefficient (Wildman–Crippen LogP) is 2.22. The van der Waals surface area contributed by atoms with Gasteiger partial charge < -0.3 is 14.8 Å². The average molecular weight is 284 g/mol. The van der Waals surface area contributed by atoms with Crippen molar-refractivity contribution in [2.75, 3.05) is 58.9 Å². The molecule has 0 heterocycles. The lowest BCUT2D eigenvalue weighted by Gasteiger charge is -2.22. The van der Waals surface area contributed by atoms with Crippen molar-refractivity contribution in [2.45, 2.75) is 6.42 Å². The summed E-state index contributed by atoms with van der Waals surface area (Å²) in [4.78, 5) is 2.29. The van der Waals surface area contributed by atoms with E-state index in [0.29, 0.717) is 18.8 Å². The van der Waals surface area contributed by atoms with E-state index in [4.69, 9.17) is 9.47 Å². The molecule has 0 saturated heterocycles. The van der Waals surface area contributed by atoms with E-state index in [2.05, 4.69) is 10.2 Å². The first-order valence-electron chi connectivity index (χ1n) is 6.96. The average Bonchev–Trinajstić information content (AvgIpc) is 2.46. The van der Waals surface area contributed by atoms with Gasteiger partial charge in [0.2, 0.25) is 0 Å². The molecule has 20 heavy (non-hydrogen) atoms. The Balaban J connectivity index is 2.31. The molecule has 1 rings (SSSR count). The van der Waals surface area contributed by atoms with Gasteiger partial charge in [0.25, 0.3) is 0 Å². The Labute approximate surface area is 120 Å². The fourth-order valence-corrected chi connectivity index (χ4v) is 1.94. The number of benzene rings is 1. The van der Waals surface area contributed by atoms with Gasteiger partial charge in [-0.1, -0.05) is 12.1 Å². The van der Waals surface area contributed by atoms with Crippen molar-refractivity contribution in [2.24, 2.45) is 0 Å². The highest BCUT2D eigenvalue weighted by atomic mass is 19.1. The van der Waals surface area contributed by atoms with Gasteiger partial charge in [-0.05, 0) is 18.6 Å². The van der Waals surface area contributed by atoms with Gasteiger partial charge in [-0.25, -0.2) is 4.39 Å². The van der Waals surface area contributed by atoms with Crippen molar-refractivity contribution < 1.29 is 13.9 Å². The van der Waals surface area contributed by atoms with Crippen LogP contribution in [0.15, 0.2) is 24.3 Å². The van der Waals surface area contributed by atoms with Crippen LogP contribution in [0, 0.1) is 5.82 Å². The first-order chi connectivity index (χ1) is 9.77. The van der Waals surface area contributed by atoms with Crippen LogP contribution in [0.25, 0.3) is 0 Å².